The summed E-state index contributed by atoms with van der Waals surface area (Å²) >= 11 is 1.79. The Morgan fingerprint density at radius 1 is 1.62 bits per heavy atom. The molecule has 1 heterocycles. The lowest BCUT2D eigenvalue weighted by Gasteiger charge is -2.21. The molecule has 0 spiro atoms. The number of Topliss-reactive ketones (excluding diaryl/α,β-unsaturated/α-hetero) is 1. The summed E-state index contributed by atoms with van der Waals surface area (Å²) in [7, 11) is 0. The molecule has 0 bridgehead atoms. The van der Waals surface area contributed by atoms with E-state index in [1.165, 1.54) is 10.4 Å². The molecule has 0 saturated heterocycles. The number of terminal acetylenes is 1. The predicted molar refractivity (Wildman–Crippen MR) is 67.7 cm³/mol. The van der Waals surface area contributed by atoms with Crippen LogP contribution in [-0.4, -0.2) is 5.78 Å². The summed E-state index contributed by atoms with van der Waals surface area (Å²) in [4.78, 5) is 13.5. The van der Waals surface area contributed by atoms with Gasteiger partial charge in [0, 0.05) is 23.6 Å². The molecule has 1 atom stereocenters. The first-order valence-electron chi connectivity index (χ1n) is 5.85. The zero-order valence-electron chi connectivity index (χ0n) is 9.37. The molecule has 0 aromatic carbocycles. The van der Waals surface area contributed by atoms with Crippen LogP contribution in [0.15, 0.2) is 11.4 Å². The summed E-state index contributed by atoms with van der Waals surface area (Å²) < 4.78 is 0. The third-order valence-electron chi connectivity index (χ3n) is 3.18. The smallest absolute Gasteiger partial charge is 0.140 e. The third-order valence-corrected chi connectivity index (χ3v) is 4.18. The minimum absolute atomic E-state index is 0.160. The number of hydrogen-bond donors (Lipinski definition) is 0. The largest absolute Gasteiger partial charge is 0.299 e. The Hall–Kier alpha value is -1.07. The molecule has 1 nitrogen and oxygen atoms in total. The highest BCUT2D eigenvalue weighted by molar-refractivity contribution is 7.10. The number of rotatable bonds is 4. The first-order valence-corrected chi connectivity index (χ1v) is 6.73. The van der Waals surface area contributed by atoms with Crippen LogP contribution < -0.4 is 0 Å². The van der Waals surface area contributed by atoms with Gasteiger partial charge in [-0.1, -0.05) is 0 Å². The van der Waals surface area contributed by atoms with E-state index in [-0.39, 0.29) is 5.92 Å². The molecule has 1 unspecified atom stereocenters. The fraction of sp³-hybridized carbons (Fsp3) is 0.500. The first kappa shape index (κ1) is 11.4. The summed E-state index contributed by atoms with van der Waals surface area (Å²) in [5, 5.41) is 2.11. The molecule has 1 aliphatic rings. The number of hydrogen-bond acceptors (Lipinski definition) is 2. The van der Waals surface area contributed by atoms with E-state index in [0.717, 1.165) is 32.1 Å². The van der Waals surface area contributed by atoms with Gasteiger partial charge in [-0.2, -0.15) is 0 Å². The molecule has 0 amide bonds. The van der Waals surface area contributed by atoms with E-state index in [9.17, 15) is 4.79 Å². The van der Waals surface area contributed by atoms with Gasteiger partial charge >= 0.3 is 0 Å². The van der Waals surface area contributed by atoms with Gasteiger partial charge in [-0.25, -0.2) is 0 Å². The average molecular weight is 232 g/mol. The van der Waals surface area contributed by atoms with Crippen LogP contribution in [-0.2, 0) is 11.2 Å². The number of fused-ring (bicyclic) bond motifs is 1. The van der Waals surface area contributed by atoms with Crippen LogP contribution >= 0.6 is 11.3 Å². The number of aryl methyl sites for hydroxylation is 1. The Morgan fingerprint density at radius 2 is 2.50 bits per heavy atom. The highest BCUT2D eigenvalue weighted by atomic mass is 32.1. The molecule has 1 aliphatic carbocycles. The van der Waals surface area contributed by atoms with Gasteiger partial charge in [0.15, 0.2) is 0 Å². The van der Waals surface area contributed by atoms with Gasteiger partial charge in [0.05, 0.1) is 0 Å². The molecule has 0 N–H and O–H groups in total. The molecule has 2 heteroatoms. The fourth-order valence-electron chi connectivity index (χ4n) is 2.36. The van der Waals surface area contributed by atoms with Crippen LogP contribution in [0.5, 0.6) is 0 Å². The Morgan fingerprint density at radius 3 is 3.31 bits per heavy atom. The molecule has 0 fully saturated rings. The summed E-state index contributed by atoms with van der Waals surface area (Å²) in [6.45, 7) is 0. The van der Waals surface area contributed by atoms with Gasteiger partial charge < -0.3 is 0 Å². The maximum absolute atomic E-state index is 12.1. The second kappa shape index (κ2) is 5.32. The van der Waals surface area contributed by atoms with Crippen molar-refractivity contribution in [3.63, 3.8) is 0 Å². The van der Waals surface area contributed by atoms with Gasteiger partial charge in [-0.15, -0.1) is 23.7 Å². The molecule has 16 heavy (non-hydrogen) atoms. The lowest BCUT2D eigenvalue weighted by molar-refractivity contribution is -0.120. The highest BCUT2D eigenvalue weighted by Gasteiger charge is 2.26. The molecule has 1 aromatic heterocycles. The van der Waals surface area contributed by atoms with Crippen LogP contribution in [0.25, 0.3) is 0 Å². The van der Waals surface area contributed by atoms with E-state index in [2.05, 4.69) is 17.4 Å². The fourth-order valence-corrected chi connectivity index (χ4v) is 3.35. The molecule has 0 aliphatic heterocycles. The summed E-state index contributed by atoms with van der Waals surface area (Å²) in [6.07, 6.45) is 10.7. The van der Waals surface area contributed by atoms with Crippen molar-refractivity contribution in [2.24, 2.45) is 0 Å². The van der Waals surface area contributed by atoms with Gasteiger partial charge in [0.25, 0.3) is 0 Å². The summed E-state index contributed by atoms with van der Waals surface area (Å²) in [6, 6.07) is 2.13. The summed E-state index contributed by atoms with van der Waals surface area (Å²) in [5.74, 6) is 3.13. The van der Waals surface area contributed by atoms with Crippen LogP contribution in [0.2, 0.25) is 0 Å². The molecular formula is C14H16OS. The van der Waals surface area contributed by atoms with Crippen molar-refractivity contribution >= 4 is 17.1 Å². The predicted octanol–water partition coefficient (Wildman–Crippen LogP) is 3.54. The molecule has 84 valence electrons. The number of unbranched alkanes of at least 4 members (excludes halogenated alkanes) is 1. The van der Waals surface area contributed by atoms with Gasteiger partial charge in [0.2, 0.25) is 0 Å². The average Bonchev–Trinajstić information content (AvgIpc) is 2.76. The van der Waals surface area contributed by atoms with Crippen molar-refractivity contribution in [3.8, 4) is 12.3 Å². The normalized spacial score (nSPS) is 18.8. The van der Waals surface area contributed by atoms with E-state index in [1.807, 2.05) is 0 Å². The van der Waals surface area contributed by atoms with Crippen molar-refractivity contribution < 1.29 is 4.79 Å². The third kappa shape index (κ3) is 2.36. The lowest BCUT2D eigenvalue weighted by atomic mass is 9.83. The van der Waals surface area contributed by atoms with Crippen molar-refractivity contribution in [3.05, 3.63) is 21.9 Å². The molecular weight excluding hydrogens is 216 g/mol. The van der Waals surface area contributed by atoms with Crippen molar-refractivity contribution in [1.82, 2.24) is 0 Å². The second-order valence-corrected chi connectivity index (χ2v) is 5.27. The van der Waals surface area contributed by atoms with Crippen molar-refractivity contribution in [1.29, 1.82) is 0 Å². The zero-order chi connectivity index (χ0) is 11.4. The van der Waals surface area contributed by atoms with Gasteiger partial charge in [-0.05, 0) is 42.7 Å². The van der Waals surface area contributed by atoms with Crippen molar-refractivity contribution in [2.45, 2.75) is 44.4 Å². The highest BCUT2D eigenvalue weighted by Crippen LogP contribution is 2.36. The maximum Gasteiger partial charge on any atom is 0.140 e. The van der Waals surface area contributed by atoms with Crippen LogP contribution in [0.4, 0.5) is 0 Å². The minimum atomic E-state index is 0.160. The van der Waals surface area contributed by atoms with E-state index in [1.54, 1.807) is 11.3 Å². The van der Waals surface area contributed by atoms with Crippen LogP contribution in [0, 0.1) is 12.3 Å². The second-order valence-electron chi connectivity index (χ2n) is 4.27. The van der Waals surface area contributed by atoms with Crippen LogP contribution in [0.3, 0.4) is 0 Å². The van der Waals surface area contributed by atoms with Crippen molar-refractivity contribution in [2.75, 3.05) is 0 Å². The number of carbonyl (C=O) groups excluding carboxylic acids is 1. The van der Waals surface area contributed by atoms with E-state index in [0.29, 0.717) is 12.2 Å². The first-order chi connectivity index (χ1) is 7.83. The van der Waals surface area contributed by atoms with Crippen LogP contribution in [0.1, 0.15) is 48.5 Å². The number of thiophene rings is 1. The minimum Gasteiger partial charge on any atom is -0.299 e. The quantitative estimate of drug-likeness (QED) is 0.573. The SMILES string of the molecule is C#CCCCC(=O)C1CCCc2sccc21. The zero-order valence-corrected chi connectivity index (χ0v) is 10.2. The van der Waals surface area contributed by atoms with E-state index >= 15 is 0 Å². The topological polar surface area (TPSA) is 17.1 Å². The lowest BCUT2D eigenvalue weighted by Crippen LogP contribution is -2.16. The Bertz CT molecular complexity index is 411. The Balaban J connectivity index is 2.01. The molecule has 2 rings (SSSR count). The Kier molecular flexibility index (Phi) is 3.79. The van der Waals surface area contributed by atoms with E-state index in [4.69, 9.17) is 6.42 Å². The number of carbonyl (C=O) groups is 1. The Labute approximate surface area is 101 Å². The molecule has 1 aromatic rings. The molecule has 0 radical (unpaired) electrons. The molecule has 0 saturated carbocycles. The van der Waals surface area contributed by atoms with Gasteiger partial charge in [0.1, 0.15) is 5.78 Å². The van der Waals surface area contributed by atoms with Gasteiger partial charge in [-0.3, -0.25) is 4.79 Å². The monoisotopic (exact) mass is 232 g/mol. The van der Waals surface area contributed by atoms with E-state index < -0.39 is 0 Å². The standard InChI is InChI=1S/C14H16OS/c1-2-3-4-7-13(15)11-6-5-8-14-12(11)9-10-16-14/h1,9-11H,3-8H2. The number of ketones is 1. The summed E-state index contributed by atoms with van der Waals surface area (Å²) in [5.41, 5.74) is 1.29. The maximum atomic E-state index is 12.1.